The minimum Gasteiger partial charge on any atom is -0.442 e. The second-order valence-electron chi connectivity index (χ2n) is 7.56. The summed E-state index contributed by atoms with van der Waals surface area (Å²) in [6.07, 6.45) is -15.9. The SMILES string of the molecule is Cc1cccc(-c2ccc(CN3CCNCC3C(=O)OC(C(F)(F)F)C(F)(F)F)c(F)c2)n1. The number of halogens is 7. The van der Waals surface area contributed by atoms with Crippen LogP contribution in [-0.4, -0.2) is 60.0 Å². The number of pyridine rings is 1. The number of hydrogen-bond donors (Lipinski definition) is 1. The minimum atomic E-state index is -5.81. The second-order valence-corrected chi connectivity index (χ2v) is 7.56. The van der Waals surface area contributed by atoms with Crippen molar-refractivity contribution in [1.29, 1.82) is 0 Å². The van der Waals surface area contributed by atoms with Crippen LogP contribution in [0.3, 0.4) is 0 Å². The van der Waals surface area contributed by atoms with Gasteiger partial charge in [0.1, 0.15) is 11.9 Å². The summed E-state index contributed by atoms with van der Waals surface area (Å²) in [6.45, 7) is 1.72. The number of rotatable bonds is 5. The van der Waals surface area contributed by atoms with Gasteiger partial charge < -0.3 is 10.1 Å². The number of ether oxygens (including phenoxy) is 1. The quantitative estimate of drug-likeness (QED) is 0.519. The third-order valence-corrected chi connectivity index (χ3v) is 5.07. The topological polar surface area (TPSA) is 54.5 Å². The first-order valence-electron chi connectivity index (χ1n) is 9.87. The Morgan fingerprint density at radius 2 is 1.88 bits per heavy atom. The van der Waals surface area contributed by atoms with Crippen LogP contribution in [0.1, 0.15) is 11.3 Å². The summed E-state index contributed by atoms with van der Waals surface area (Å²) in [5.41, 5.74) is 1.88. The highest BCUT2D eigenvalue weighted by atomic mass is 19.4. The lowest BCUT2D eigenvalue weighted by molar-refractivity contribution is -0.314. The Kier molecular flexibility index (Phi) is 7.27. The summed E-state index contributed by atoms with van der Waals surface area (Å²) in [4.78, 5) is 17.8. The van der Waals surface area contributed by atoms with Crippen LogP contribution < -0.4 is 5.32 Å². The Balaban J connectivity index is 1.77. The van der Waals surface area contributed by atoms with Crippen LogP contribution in [0.4, 0.5) is 30.7 Å². The number of esters is 1. The summed E-state index contributed by atoms with van der Waals surface area (Å²) in [6, 6.07) is 8.04. The molecule has 0 bridgehead atoms. The maximum atomic E-state index is 14.8. The minimum absolute atomic E-state index is 0.0864. The summed E-state index contributed by atoms with van der Waals surface area (Å²) in [7, 11) is 0. The molecule has 1 N–H and O–H groups in total. The lowest BCUT2D eigenvalue weighted by Gasteiger charge is -2.35. The molecule has 1 unspecified atom stereocenters. The van der Waals surface area contributed by atoms with Gasteiger partial charge in [0.05, 0.1) is 5.69 Å². The van der Waals surface area contributed by atoms with Gasteiger partial charge in [-0.05, 0) is 25.1 Å². The van der Waals surface area contributed by atoms with Crippen molar-refractivity contribution in [3.8, 4) is 11.3 Å². The van der Waals surface area contributed by atoms with Gasteiger partial charge in [0.25, 0.3) is 6.10 Å². The standard InChI is InChI=1S/C21H20F7N3O2/c1-12-3-2-4-16(30-12)13-5-6-14(15(22)9-13)11-31-8-7-29-10-17(31)18(32)33-19(20(23,24)25)21(26,27)28/h2-6,9,17,19,29H,7-8,10-11H2,1H3. The molecule has 1 saturated heterocycles. The Morgan fingerprint density at radius 1 is 1.18 bits per heavy atom. The van der Waals surface area contributed by atoms with Gasteiger partial charge in [0, 0.05) is 43.0 Å². The molecule has 0 aliphatic carbocycles. The van der Waals surface area contributed by atoms with Crippen LogP contribution in [0.25, 0.3) is 11.3 Å². The number of carbonyl (C=O) groups excluding carboxylic acids is 1. The van der Waals surface area contributed by atoms with Crippen molar-refractivity contribution in [2.75, 3.05) is 19.6 Å². The first kappa shape index (κ1) is 24.9. The summed E-state index contributed by atoms with van der Waals surface area (Å²) >= 11 is 0. The van der Waals surface area contributed by atoms with E-state index in [0.29, 0.717) is 17.8 Å². The number of nitrogens with zero attached hydrogens (tertiary/aromatic N) is 2. The van der Waals surface area contributed by atoms with Gasteiger partial charge in [-0.25, -0.2) is 4.39 Å². The molecule has 2 heterocycles. The van der Waals surface area contributed by atoms with E-state index in [1.807, 2.05) is 0 Å². The van der Waals surface area contributed by atoms with Gasteiger partial charge in [-0.15, -0.1) is 0 Å². The Hall–Kier alpha value is -2.73. The first-order valence-corrected chi connectivity index (χ1v) is 9.87. The predicted molar refractivity (Wildman–Crippen MR) is 103 cm³/mol. The molecule has 1 aromatic heterocycles. The van der Waals surface area contributed by atoms with E-state index in [4.69, 9.17) is 0 Å². The number of nitrogens with one attached hydrogen (secondary N) is 1. The number of carbonyl (C=O) groups is 1. The normalized spacial score (nSPS) is 17.9. The monoisotopic (exact) mass is 479 g/mol. The van der Waals surface area contributed by atoms with E-state index in [1.54, 1.807) is 31.2 Å². The smallest absolute Gasteiger partial charge is 0.434 e. The zero-order chi connectivity index (χ0) is 24.4. The molecule has 3 rings (SSSR count). The number of benzene rings is 1. The predicted octanol–water partition coefficient (Wildman–Crippen LogP) is 4.01. The van der Waals surface area contributed by atoms with Crippen molar-refractivity contribution in [2.24, 2.45) is 0 Å². The molecule has 0 saturated carbocycles. The lowest BCUT2D eigenvalue weighted by atomic mass is 10.1. The Labute approximate surface area is 184 Å². The fourth-order valence-electron chi connectivity index (χ4n) is 3.44. The van der Waals surface area contributed by atoms with Gasteiger partial charge in [0.2, 0.25) is 0 Å². The number of aromatic nitrogens is 1. The van der Waals surface area contributed by atoms with Crippen molar-refractivity contribution in [3.63, 3.8) is 0 Å². The van der Waals surface area contributed by atoms with Gasteiger partial charge >= 0.3 is 18.3 Å². The summed E-state index contributed by atoms with van der Waals surface area (Å²) < 4.78 is 95.2. The fraction of sp³-hybridized carbons (Fsp3) is 0.429. The van der Waals surface area contributed by atoms with Gasteiger partial charge in [-0.3, -0.25) is 14.7 Å². The van der Waals surface area contributed by atoms with Crippen molar-refractivity contribution in [1.82, 2.24) is 15.2 Å². The van der Waals surface area contributed by atoms with Crippen molar-refractivity contribution >= 4 is 5.97 Å². The van der Waals surface area contributed by atoms with Crippen LogP contribution in [0.2, 0.25) is 0 Å². The number of hydrogen-bond acceptors (Lipinski definition) is 5. The maximum absolute atomic E-state index is 14.8. The molecular weight excluding hydrogens is 459 g/mol. The molecule has 2 aromatic rings. The van der Waals surface area contributed by atoms with Crippen LogP contribution in [-0.2, 0) is 16.1 Å². The molecule has 0 amide bonds. The third kappa shape index (κ3) is 6.20. The molecule has 1 atom stereocenters. The largest absolute Gasteiger partial charge is 0.442 e. The Bertz CT molecular complexity index is 981. The van der Waals surface area contributed by atoms with Crippen LogP contribution >= 0.6 is 0 Å². The molecule has 0 spiro atoms. The van der Waals surface area contributed by atoms with Crippen molar-refractivity contribution < 1.29 is 40.3 Å². The molecule has 12 heteroatoms. The van der Waals surface area contributed by atoms with E-state index in [2.05, 4.69) is 15.0 Å². The molecule has 1 aliphatic rings. The number of piperazine rings is 1. The van der Waals surface area contributed by atoms with Crippen molar-refractivity contribution in [3.05, 3.63) is 53.5 Å². The highest BCUT2D eigenvalue weighted by Crippen LogP contribution is 2.36. The van der Waals surface area contributed by atoms with Gasteiger partial charge in [0.15, 0.2) is 0 Å². The second kappa shape index (κ2) is 9.64. The molecule has 33 heavy (non-hydrogen) atoms. The first-order chi connectivity index (χ1) is 15.4. The number of aryl methyl sites for hydroxylation is 1. The summed E-state index contributed by atoms with van der Waals surface area (Å²) in [5.74, 6) is -2.34. The molecule has 180 valence electrons. The summed E-state index contributed by atoms with van der Waals surface area (Å²) in [5, 5.41) is 2.73. The molecular formula is C21H20F7N3O2. The maximum Gasteiger partial charge on any atom is 0.434 e. The van der Waals surface area contributed by atoms with Gasteiger partial charge in [-0.1, -0.05) is 18.2 Å². The van der Waals surface area contributed by atoms with E-state index >= 15 is 0 Å². The molecule has 1 fully saturated rings. The van der Waals surface area contributed by atoms with E-state index < -0.39 is 36.3 Å². The van der Waals surface area contributed by atoms with Crippen LogP contribution in [0, 0.1) is 12.7 Å². The molecule has 5 nitrogen and oxygen atoms in total. The van der Waals surface area contributed by atoms with E-state index in [1.165, 1.54) is 17.0 Å². The van der Waals surface area contributed by atoms with E-state index in [0.717, 1.165) is 5.69 Å². The lowest BCUT2D eigenvalue weighted by Crippen LogP contribution is -2.57. The average molecular weight is 479 g/mol. The highest BCUT2D eigenvalue weighted by molar-refractivity contribution is 5.76. The zero-order valence-corrected chi connectivity index (χ0v) is 17.3. The molecule has 0 radical (unpaired) electrons. The third-order valence-electron chi connectivity index (χ3n) is 5.07. The van der Waals surface area contributed by atoms with Crippen molar-refractivity contribution in [2.45, 2.75) is 38.0 Å². The number of alkyl halides is 6. The highest BCUT2D eigenvalue weighted by Gasteiger charge is 2.60. The van der Waals surface area contributed by atoms with Gasteiger partial charge in [-0.2, -0.15) is 26.3 Å². The molecule has 1 aromatic carbocycles. The van der Waals surface area contributed by atoms with E-state index in [-0.39, 0.29) is 25.2 Å². The fourth-order valence-corrected chi connectivity index (χ4v) is 3.44. The Morgan fingerprint density at radius 3 is 2.48 bits per heavy atom. The van der Waals surface area contributed by atoms with Crippen LogP contribution in [0.5, 0.6) is 0 Å². The molecule has 1 aliphatic heterocycles. The van der Waals surface area contributed by atoms with Crippen LogP contribution in [0.15, 0.2) is 36.4 Å². The average Bonchev–Trinajstić information content (AvgIpc) is 2.72. The van der Waals surface area contributed by atoms with E-state index in [9.17, 15) is 35.5 Å². The zero-order valence-electron chi connectivity index (χ0n) is 17.3.